The van der Waals surface area contributed by atoms with Gasteiger partial charge in [-0.2, -0.15) is 0 Å². The molecule has 142 valence electrons. The Morgan fingerprint density at radius 2 is 1.89 bits per heavy atom. The molecule has 1 fully saturated rings. The van der Waals surface area contributed by atoms with Gasteiger partial charge >= 0.3 is 5.97 Å². The second-order valence-electron chi connectivity index (χ2n) is 5.76. The molecule has 0 radical (unpaired) electrons. The molecule has 1 aliphatic heterocycles. The Hall–Kier alpha value is -3.17. The van der Waals surface area contributed by atoms with Crippen molar-refractivity contribution in [2.45, 2.75) is 0 Å². The lowest BCUT2D eigenvalue weighted by Crippen LogP contribution is -2.36. The molecule has 1 saturated heterocycles. The van der Waals surface area contributed by atoms with E-state index in [1.807, 2.05) is 30.3 Å². The molecule has 0 aromatic heterocycles. The van der Waals surface area contributed by atoms with Crippen LogP contribution in [-0.2, 0) is 9.59 Å². The van der Waals surface area contributed by atoms with Crippen molar-refractivity contribution in [2.75, 3.05) is 11.9 Å². The van der Waals surface area contributed by atoms with E-state index in [4.69, 9.17) is 12.2 Å². The number of carbonyl (C=O) groups is 3. The number of rotatable bonds is 5. The first-order valence-electron chi connectivity index (χ1n) is 8.02. The molecule has 2 aromatic rings. The van der Waals surface area contributed by atoms with Gasteiger partial charge in [0.25, 0.3) is 5.91 Å². The molecule has 0 aliphatic carbocycles. The molecular weight excluding hydrogens is 400 g/mol. The molecule has 0 spiro atoms. The van der Waals surface area contributed by atoms with Crippen molar-refractivity contribution in [3.8, 4) is 5.75 Å². The zero-order chi connectivity index (χ0) is 20.3. The fourth-order valence-electron chi connectivity index (χ4n) is 2.49. The Morgan fingerprint density at radius 3 is 2.57 bits per heavy atom. The quantitative estimate of drug-likeness (QED) is 0.392. The molecule has 28 heavy (non-hydrogen) atoms. The Bertz CT molecular complexity index is 1000. The van der Waals surface area contributed by atoms with Crippen LogP contribution in [0.1, 0.15) is 15.9 Å². The van der Waals surface area contributed by atoms with Crippen molar-refractivity contribution in [3.05, 3.63) is 64.6 Å². The molecule has 0 bridgehead atoms. The van der Waals surface area contributed by atoms with E-state index in [1.54, 1.807) is 6.08 Å². The van der Waals surface area contributed by atoms with Gasteiger partial charge in [-0.15, -0.1) is 0 Å². The number of thiocarbonyl (C=S) groups is 1. The Labute approximate surface area is 169 Å². The number of hydrogen-bond acceptors (Lipinski definition) is 6. The van der Waals surface area contributed by atoms with Gasteiger partial charge in [-0.25, -0.2) is 4.79 Å². The predicted octanol–water partition coefficient (Wildman–Crippen LogP) is 2.93. The highest BCUT2D eigenvalue weighted by Crippen LogP contribution is 2.32. The summed E-state index contributed by atoms with van der Waals surface area (Å²) in [6, 6.07) is 12.8. The molecule has 9 heteroatoms. The van der Waals surface area contributed by atoms with Crippen molar-refractivity contribution in [3.63, 3.8) is 0 Å². The molecule has 0 unspecified atom stereocenters. The second-order valence-corrected chi connectivity index (χ2v) is 7.44. The van der Waals surface area contributed by atoms with Crippen LogP contribution in [0.25, 0.3) is 6.08 Å². The van der Waals surface area contributed by atoms with Crippen LogP contribution in [0.4, 0.5) is 5.69 Å². The Morgan fingerprint density at radius 1 is 1.18 bits per heavy atom. The molecule has 2 aromatic carbocycles. The van der Waals surface area contributed by atoms with Crippen LogP contribution in [0.3, 0.4) is 0 Å². The monoisotopic (exact) mass is 414 g/mol. The van der Waals surface area contributed by atoms with Gasteiger partial charge in [-0.3, -0.25) is 14.5 Å². The summed E-state index contributed by atoms with van der Waals surface area (Å²) in [6.07, 6.45) is 1.69. The molecule has 2 amide bonds. The number of hydrogen-bond donors (Lipinski definition) is 3. The zero-order valence-electron chi connectivity index (χ0n) is 14.3. The summed E-state index contributed by atoms with van der Waals surface area (Å²) in [7, 11) is 0. The SMILES string of the molecule is O=C(CN1C(=O)/C(=C\c2ccccc2)SC1=S)Nc1ccc(O)cc1C(=O)O. The summed E-state index contributed by atoms with van der Waals surface area (Å²) in [5.74, 6) is -2.54. The van der Waals surface area contributed by atoms with Gasteiger partial charge in [0.2, 0.25) is 5.91 Å². The average Bonchev–Trinajstić information content (AvgIpc) is 2.91. The van der Waals surface area contributed by atoms with Crippen LogP contribution in [0.15, 0.2) is 53.4 Å². The lowest BCUT2D eigenvalue weighted by atomic mass is 10.1. The third-order valence-electron chi connectivity index (χ3n) is 3.78. The summed E-state index contributed by atoms with van der Waals surface area (Å²) in [6.45, 7) is -0.350. The van der Waals surface area contributed by atoms with Crippen LogP contribution < -0.4 is 5.32 Å². The van der Waals surface area contributed by atoms with Crippen molar-refractivity contribution in [1.82, 2.24) is 4.90 Å². The fourth-order valence-corrected chi connectivity index (χ4v) is 3.74. The van der Waals surface area contributed by atoms with E-state index in [0.29, 0.717) is 4.91 Å². The molecule has 0 atom stereocenters. The van der Waals surface area contributed by atoms with Crippen molar-refractivity contribution < 1.29 is 24.6 Å². The van der Waals surface area contributed by atoms with Crippen LogP contribution in [-0.4, -0.2) is 43.8 Å². The number of benzene rings is 2. The number of anilines is 1. The topological polar surface area (TPSA) is 107 Å². The van der Waals surface area contributed by atoms with E-state index in [0.717, 1.165) is 28.3 Å². The van der Waals surface area contributed by atoms with Gasteiger partial charge in [-0.1, -0.05) is 54.3 Å². The van der Waals surface area contributed by atoms with Gasteiger partial charge in [0, 0.05) is 0 Å². The highest BCUT2D eigenvalue weighted by atomic mass is 32.2. The lowest BCUT2D eigenvalue weighted by molar-refractivity contribution is -0.126. The number of nitrogens with zero attached hydrogens (tertiary/aromatic N) is 1. The number of amides is 2. The minimum Gasteiger partial charge on any atom is -0.508 e. The van der Waals surface area contributed by atoms with Crippen LogP contribution in [0.5, 0.6) is 5.75 Å². The smallest absolute Gasteiger partial charge is 0.337 e. The third-order valence-corrected chi connectivity index (χ3v) is 5.16. The maximum Gasteiger partial charge on any atom is 0.337 e. The Kier molecular flexibility index (Phi) is 5.76. The number of carboxylic acids is 1. The number of aromatic carboxylic acids is 1. The summed E-state index contributed by atoms with van der Waals surface area (Å²) >= 11 is 6.30. The van der Waals surface area contributed by atoms with Gasteiger partial charge in [0.1, 0.15) is 16.6 Å². The number of carboxylic acid groups (broad SMARTS) is 1. The maximum atomic E-state index is 12.6. The van der Waals surface area contributed by atoms with Gasteiger partial charge in [0.15, 0.2) is 0 Å². The minimum atomic E-state index is -1.30. The van der Waals surface area contributed by atoms with Crippen LogP contribution in [0.2, 0.25) is 0 Å². The molecule has 1 heterocycles. The second kappa shape index (κ2) is 8.24. The summed E-state index contributed by atoms with van der Waals surface area (Å²) < 4.78 is 0.242. The highest BCUT2D eigenvalue weighted by molar-refractivity contribution is 8.26. The standard InChI is InChI=1S/C19H14N2O5S2/c22-12-6-7-14(13(9-12)18(25)26)20-16(23)10-21-17(24)15(28-19(21)27)8-11-4-2-1-3-5-11/h1-9,22H,10H2,(H,20,23)(H,25,26)/b15-8+. The summed E-state index contributed by atoms with van der Waals surface area (Å²) in [5, 5.41) is 21.0. The van der Waals surface area contributed by atoms with E-state index < -0.39 is 17.8 Å². The number of thioether (sulfide) groups is 1. The fraction of sp³-hybridized carbons (Fsp3) is 0.0526. The normalized spacial score (nSPS) is 15.1. The van der Waals surface area contributed by atoms with E-state index in [2.05, 4.69) is 5.32 Å². The molecule has 1 aliphatic rings. The first-order valence-corrected chi connectivity index (χ1v) is 9.24. The third kappa shape index (κ3) is 4.38. The van der Waals surface area contributed by atoms with E-state index >= 15 is 0 Å². The summed E-state index contributed by atoms with van der Waals surface area (Å²) in [4.78, 5) is 37.7. The lowest BCUT2D eigenvalue weighted by Gasteiger charge is -2.15. The molecule has 0 saturated carbocycles. The van der Waals surface area contributed by atoms with Crippen molar-refractivity contribution in [2.24, 2.45) is 0 Å². The predicted molar refractivity (Wildman–Crippen MR) is 110 cm³/mol. The average molecular weight is 414 g/mol. The van der Waals surface area contributed by atoms with Gasteiger partial charge < -0.3 is 15.5 Å². The number of aromatic hydroxyl groups is 1. The van der Waals surface area contributed by atoms with E-state index in [-0.39, 0.29) is 27.9 Å². The van der Waals surface area contributed by atoms with E-state index in [1.165, 1.54) is 12.1 Å². The van der Waals surface area contributed by atoms with Crippen molar-refractivity contribution >= 4 is 57.8 Å². The zero-order valence-corrected chi connectivity index (χ0v) is 15.9. The van der Waals surface area contributed by atoms with Crippen LogP contribution >= 0.6 is 24.0 Å². The highest BCUT2D eigenvalue weighted by Gasteiger charge is 2.33. The molecular formula is C19H14N2O5S2. The number of phenols is 1. The molecule has 7 nitrogen and oxygen atoms in total. The van der Waals surface area contributed by atoms with Crippen LogP contribution in [0, 0.1) is 0 Å². The number of nitrogens with one attached hydrogen (secondary N) is 1. The van der Waals surface area contributed by atoms with Crippen molar-refractivity contribution in [1.29, 1.82) is 0 Å². The number of carbonyl (C=O) groups excluding carboxylic acids is 2. The first-order chi connectivity index (χ1) is 13.3. The minimum absolute atomic E-state index is 0.0144. The summed E-state index contributed by atoms with van der Waals surface area (Å²) in [5.41, 5.74) is 0.589. The number of phenolic OH excluding ortho intramolecular Hbond substituents is 1. The molecule has 3 N–H and O–H groups in total. The maximum absolute atomic E-state index is 12.6. The van der Waals surface area contributed by atoms with Gasteiger partial charge in [-0.05, 0) is 29.8 Å². The van der Waals surface area contributed by atoms with Gasteiger partial charge in [0.05, 0.1) is 16.2 Å². The molecule has 3 rings (SSSR count). The van der Waals surface area contributed by atoms with E-state index in [9.17, 15) is 24.6 Å². The first kappa shape index (κ1) is 19.6. The largest absolute Gasteiger partial charge is 0.508 e. The Balaban J connectivity index is 1.73.